The van der Waals surface area contributed by atoms with Gasteiger partial charge >= 0.3 is 0 Å². The van der Waals surface area contributed by atoms with Crippen molar-refractivity contribution < 1.29 is 17.9 Å². The molecule has 0 bridgehead atoms. The number of nitrogens with one attached hydrogen (secondary N) is 1. The average Bonchev–Trinajstić information content (AvgIpc) is 2.79. The zero-order chi connectivity index (χ0) is 23.3. The first kappa shape index (κ1) is 24.0. The van der Waals surface area contributed by atoms with Gasteiger partial charge in [0.05, 0.1) is 12.1 Å². The Morgan fingerprint density at radius 1 is 1.06 bits per heavy atom. The van der Waals surface area contributed by atoms with Crippen LogP contribution in [-0.4, -0.2) is 39.6 Å². The van der Waals surface area contributed by atoms with Crippen LogP contribution in [0.2, 0.25) is 5.02 Å². The maximum Gasteiger partial charge on any atom is 0.263 e. The Balaban J connectivity index is 1.80. The zero-order valence-corrected chi connectivity index (χ0v) is 20.2. The van der Waals surface area contributed by atoms with Crippen LogP contribution in [0.1, 0.15) is 15.9 Å². The molecule has 0 heterocycles. The highest BCUT2D eigenvalue weighted by Crippen LogP contribution is 2.26. The first-order valence-electron chi connectivity index (χ1n) is 9.58. The SMILES string of the molecule is COc1ccc(NS(=O)(=O)c2cc(C(=O)N(C)Cc3ccc(SC)cc3)ccc2Cl)cc1. The second kappa shape index (κ2) is 10.3. The molecule has 9 heteroatoms. The minimum absolute atomic E-state index is 0.0258. The Morgan fingerprint density at radius 3 is 2.31 bits per heavy atom. The van der Waals surface area contributed by atoms with E-state index in [2.05, 4.69) is 4.72 Å². The van der Waals surface area contributed by atoms with Crippen molar-refractivity contribution in [2.45, 2.75) is 16.3 Å². The number of sulfonamides is 1. The van der Waals surface area contributed by atoms with E-state index in [1.54, 1.807) is 43.1 Å². The number of carbonyl (C=O) groups excluding carboxylic acids is 1. The number of carbonyl (C=O) groups is 1. The van der Waals surface area contributed by atoms with Crippen LogP contribution in [0.25, 0.3) is 0 Å². The van der Waals surface area contributed by atoms with Crippen molar-refractivity contribution in [2.75, 3.05) is 25.1 Å². The van der Waals surface area contributed by atoms with E-state index in [9.17, 15) is 13.2 Å². The van der Waals surface area contributed by atoms with Crippen molar-refractivity contribution in [1.82, 2.24) is 4.90 Å². The van der Waals surface area contributed by atoms with E-state index in [1.165, 1.54) is 30.2 Å². The summed E-state index contributed by atoms with van der Waals surface area (Å²) in [6.07, 6.45) is 2.00. The van der Waals surface area contributed by atoms with Crippen LogP contribution >= 0.6 is 23.4 Å². The molecule has 1 amide bonds. The van der Waals surface area contributed by atoms with Gasteiger partial charge in [0.25, 0.3) is 15.9 Å². The molecule has 0 atom stereocenters. The third-order valence-corrected chi connectivity index (χ3v) is 7.34. The van der Waals surface area contributed by atoms with Crippen LogP contribution in [0.15, 0.2) is 76.5 Å². The molecule has 168 valence electrons. The highest BCUT2D eigenvalue weighted by Gasteiger charge is 2.22. The molecule has 3 aromatic rings. The molecule has 0 fully saturated rings. The summed E-state index contributed by atoms with van der Waals surface area (Å²) in [5.74, 6) is 0.293. The number of hydrogen-bond donors (Lipinski definition) is 1. The van der Waals surface area contributed by atoms with E-state index in [0.29, 0.717) is 18.0 Å². The van der Waals surface area contributed by atoms with Crippen LogP contribution in [0.3, 0.4) is 0 Å². The molecule has 3 rings (SSSR count). The van der Waals surface area contributed by atoms with Crippen LogP contribution in [0.4, 0.5) is 5.69 Å². The van der Waals surface area contributed by atoms with Gasteiger partial charge < -0.3 is 9.64 Å². The van der Waals surface area contributed by atoms with Gasteiger partial charge in [-0.3, -0.25) is 9.52 Å². The van der Waals surface area contributed by atoms with Gasteiger partial charge in [-0.1, -0.05) is 23.7 Å². The minimum Gasteiger partial charge on any atom is -0.497 e. The number of rotatable bonds is 8. The first-order valence-corrected chi connectivity index (χ1v) is 12.7. The van der Waals surface area contributed by atoms with Crippen LogP contribution in [0, 0.1) is 0 Å². The fraction of sp³-hybridized carbons (Fsp3) is 0.174. The molecular formula is C23H23ClN2O4S2. The Labute approximate surface area is 197 Å². The predicted molar refractivity (Wildman–Crippen MR) is 129 cm³/mol. The molecule has 0 saturated heterocycles. The van der Waals surface area contributed by atoms with Gasteiger partial charge in [0.15, 0.2) is 0 Å². The summed E-state index contributed by atoms with van der Waals surface area (Å²) >= 11 is 7.82. The molecule has 0 saturated carbocycles. The number of methoxy groups -OCH3 is 1. The molecule has 1 N–H and O–H groups in total. The normalized spacial score (nSPS) is 11.1. The van der Waals surface area contributed by atoms with Gasteiger partial charge in [0.1, 0.15) is 10.6 Å². The van der Waals surface area contributed by atoms with Gasteiger partial charge in [0.2, 0.25) is 0 Å². The number of ether oxygens (including phenoxy) is 1. The largest absolute Gasteiger partial charge is 0.497 e. The van der Waals surface area contributed by atoms with Gasteiger partial charge in [-0.05, 0) is 66.4 Å². The second-order valence-corrected chi connectivity index (χ2v) is 9.93. The summed E-state index contributed by atoms with van der Waals surface area (Å²) in [4.78, 5) is 15.4. The van der Waals surface area contributed by atoms with E-state index in [4.69, 9.17) is 16.3 Å². The molecule has 0 aliphatic carbocycles. The molecular weight excluding hydrogens is 468 g/mol. The molecule has 0 radical (unpaired) electrons. The quantitative estimate of drug-likeness (QED) is 0.442. The number of amides is 1. The molecule has 0 aromatic heterocycles. The molecule has 0 aliphatic heterocycles. The standard InChI is InChI=1S/C23H23ClN2O4S2/c1-26(15-16-4-11-20(31-3)12-5-16)23(27)17-6-13-21(24)22(14-17)32(28,29)25-18-7-9-19(30-2)10-8-18/h4-14,25H,15H2,1-3H3. The molecule has 3 aromatic carbocycles. The van der Waals surface area contributed by atoms with Crippen LogP contribution in [0.5, 0.6) is 5.75 Å². The fourth-order valence-electron chi connectivity index (χ4n) is 3.01. The molecule has 6 nitrogen and oxygen atoms in total. The van der Waals surface area contributed by atoms with Crippen molar-refractivity contribution in [2.24, 2.45) is 0 Å². The molecule has 32 heavy (non-hydrogen) atoms. The second-order valence-electron chi connectivity index (χ2n) is 6.99. The third-order valence-electron chi connectivity index (χ3n) is 4.74. The van der Waals surface area contributed by atoms with Crippen molar-refractivity contribution >= 4 is 45.0 Å². The highest BCUT2D eigenvalue weighted by atomic mass is 35.5. The lowest BCUT2D eigenvalue weighted by atomic mass is 10.1. The van der Waals surface area contributed by atoms with Crippen LogP contribution < -0.4 is 9.46 Å². The first-order chi connectivity index (χ1) is 15.2. The van der Waals surface area contributed by atoms with Gasteiger partial charge in [-0.2, -0.15) is 0 Å². The van der Waals surface area contributed by atoms with E-state index < -0.39 is 10.0 Å². The average molecular weight is 491 g/mol. The summed E-state index contributed by atoms with van der Waals surface area (Å²) < 4.78 is 33.4. The number of nitrogens with zero attached hydrogens (tertiary/aromatic N) is 1. The van der Waals surface area contributed by atoms with Crippen molar-refractivity contribution in [3.8, 4) is 5.75 Å². The topological polar surface area (TPSA) is 75.7 Å². The monoisotopic (exact) mass is 490 g/mol. The van der Waals surface area contributed by atoms with E-state index in [1.807, 2.05) is 30.5 Å². The molecule has 0 spiro atoms. The van der Waals surface area contributed by atoms with E-state index in [0.717, 1.165) is 10.5 Å². The number of halogens is 1. The van der Waals surface area contributed by atoms with E-state index >= 15 is 0 Å². The maximum absolute atomic E-state index is 12.9. The smallest absolute Gasteiger partial charge is 0.263 e. The lowest BCUT2D eigenvalue weighted by Crippen LogP contribution is -2.26. The summed E-state index contributed by atoms with van der Waals surface area (Å²) in [6.45, 7) is 0.391. The highest BCUT2D eigenvalue weighted by molar-refractivity contribution is 7.98. The predicted octanol–water partition coefficient (Wildman–Crippen LogP) is 5.14. The summed E-state index contributed by atoms with van der Waals surface area (Å²) in [5, 5.41) is 0.0258. The Kier molecular flexibility index (Phi) is 7.71. The number of thioether (sulfide) groups is 1. The van der Waals surface area contributed by atoms with Crippen molar-refractivity contribution in [1.29, 1.82) is 0 Å². The summed E-state index contributed by atoms with van der Waals surface area (Å²) in [7, 11) is -0.812. The third kappa shape index (κ3) is 5.76. The molecule has 0 aliphatic rings. The minimum atomic E-state index is -4.01. The fourth-order valence-corrected chi connectivity index (χ4v) is 5.00. The Morgan fingerprint density at radius 2 is 1.72 bits per heavy atom. The van der Waals surface area contributed by atoms with E-state index in [-0.39, 0.29) is 21.4 Å². The van der Waals surface area contributed by atoms with Gasteiger partial charge in [-0.15, -0.1) is 11.8 Å². The maximum atomic E-state index is 12.9. The number of hydrogen-bond acceptors (Lipinski definition) is 5. The number of benzene rings is 3. The summed E-state index contributed by atoms with van der Waals surface area (Å²) in [6, 6.07) is 18.6. The number of anilines is 1. The van der Waals surface area contributed by atoms with Gasteiger partial charge in [0, 0.05) is 29.7 Å². The Hall–Kier alpha value is -2.68. The lowest BCUT2D eigenvalue weighted by molar-refractivity contribution is 0.0785. The van der Waals surface area contributed by atoms with Gasteiger partial charge in [-0.25, -0.2) is 8.42 Å². The lowest BCUT2D eigenvalue weighted by Gasteiger charge is -2.18. The van der Waals surface area contributed by atoms with Crippen molar-refractivity contribution in [3.63, 3.8) is 0 Å². The zero-order valence-electron chi connectivity index (χ0n) is 17.8. The Bertz CT molecular complexity index is 1200. The van der Waals surface area contributed by atoms with Crippen molar-refractivity contribution in [3.05, 3.63) is 82.9 Å². The van der Waals surface area contributed by atoms with Crippen LogP contribution in [-0.2, 0) is 16.6 Å². The molecule has 0 unspecified atom stereocenters. The summed E-state index contributed by atoms with van der Waals surface area (Å²) in [5.41, 5.74) is 1.55.